The molecule has 0 spiro atoms. The molecule has 0 radical (unpaired) electrons. The van der Waals surface area contributed by atoms with Crippen LogP contribution in [0.5, 0.6) is 0 Å². The molecule has 0 bridgehead atoms. The zero-order valence-electron chi connectivity index (χ0n) is 8.61. The molecule has 2 aromatic rings. The lowest BCUT2D eigenvalue weighted by Gasteiger charge is -2.04. The molecule has 1 aromatic carbocycles. The van der Waals surface area contributed by atoms with E-state index in [-0.39, 0.29) is 5.82 Å². The van der Waals surface area contributed by atoms with Gasteiger partial charge in [-0.2, -0.15) is 0 Å². The van der Waals surface area contributed by atoms with Crippen molar-refractivity contribution in [3.05, 3.63) is 35.0 Å². The second-order valence-electron chi connectivity index (χ2n) is 3.59. The Morgan fingerprint density at radius 2 is 2.25 bits per heavy atom. The fraction of sp³-hybridized carbons (Fsp3) is 0.231. The molecule has 1 nitrogen and oxygen atoms in total. The van der Waals surface area contributed by atoms with Gasteiger partial charge < -0.3 is 5.11 Å². The van der Waals surface area contributed by atoms with E-state index in [4.69, 9.17) is 6.42 Å². The van der Waals surface area contributed by atoms with Crippen LogP contribution in [-0.4, -0.2) is 5.11 Å². The molecule has 16 heavy (non-hydrogen) atoms. The average molecular weight is 234 g/mol. The zero-order chi connectivity index (χ0) is 11.5. The molecule has 3 heteroatoms. The second-order valence-corrected chi connectivity index (χ2v) is 4.70. The molecule has 2 rings (SSSR count). The van der Waals surface area contributed by atoms with E-state index in [1.807, 2.05) is 6.07 Å². The molecular formula is C13H11FOS. The van der Waals surface area contributed by atoms with Crippen LogP contribution in [0.25, 0.3) is 10.1 Å². The van der Waals surface area contributed by atoms with Gasteiger partial charge in [-0.1, -0.05) is 6.07 Å². The van der Waals surface area contributed by atoms with Crippen LogP contribution < -0.4 is 0 Å². The molecule has 82 valence electrons. The summed E-state index contributed by atoms with van der Waals surface area (Å²) in [5, 5.41) is 10.8. The predicted molar refractivity (Wildman–Crippen MR) is 64.8 cm³/mol. The van der Waals surface area contributed by atoms with Crippen molar-refractivity contribution in [2.45, 2.75) is 18.9 Å². The first-order valence-electron chi connectivity index (χ1n) is 5.01. The Bertz CT molecular complexity index is 538. The van der Waals surface area contributed by atoms with Crippen LogP contribution in [0.15, 0.2) is 24.3 Å². The molecule has 0 saturated heterocycles. The summed E-state index contributed by atoms with van der Waals surface area (Å²) in [6.45, 7) is 0. The van der Waals surface area contributed by atoms with Gasteiger partial charge in [-0.05, 0) is 30.0 Å². The Morgan fingerprint density at radius 3 is 3.00 bits per heavy atom. The van der Waals surface area contributed by atoms with E-state index in [1.54, 1.807) is 6.07 Å². The topological polar surface area (TPSA) is 20.2 Å². The van der Waals surface area contributed by atoms with Crippen molar-refractivity contribution in [1.82, 2.24) is 0 Å². The first kappa shape index (κ1) is 11.1. The molecule has 1 heterocycles. The van der Waals surface area contributed by atoms with Gasteiger partial charge in [-0.25, -0.2) is 4.39 Å². The third kappa shape index (κ3) is 2.24. The second kappa shape index (κ2) is 4.65. The maximum atomic E-state index is 13.0. The van der Waals surface area contributed by atoms with Crippen LogP contribution in [-0.2, 0) is 0 Å². The summed E-state index contributed by atoms with van der Waals surface area (Å²) in [6, 6.07) is 6.52. The lowest BCUT2D eigenvalue weighted by Crippen LogP contribution is -1.92. The molecule has 0 aliphatic heterocycles. The van der Waals surface area contributed by atoms with Gasteiger partial charge in [-0.15, -0.1) is 23.7 Å². The zero-order valence-corrected chi connectivity index (χ0v) is 9.43. The highest BCUT2D eigenvalue weighted by Gasteiger charge is 2.11. The summed E-state index contributed by atoms with van der Waals surface area (Å²) in [5.74, 6) is 2.24. The minimum Gasteiger partial charge on any atom is -0.388 e. The number of rotatable bonds is 3. The van der Waals surface area contributed by atoms with Gasteiger partial charge in [0, 0.05) is 16.0 Å². The fourth-order valence-electron chi connectivity index (χ4n) is 1.55. The largest absolute Gasteiger partial charge is 0.388 e. The molecule has 1 unspecified atom stereocenters. The van der Waals surface area contributed by atoms with Crippen molar-refractivity contribution in [2.24, 2.45) is 0 Å². The van der Waals surface area contributed by atoms with E-state index in [9.17, 15) is 9.50 Å². The molecule has 1 atom stereocenters. The number of benzene rings is 1. The van der Waals surface area contributed by atoms with E-state index in [0.717, 1.165) is 15.0 Å². The highest BCUT2D eigenvalue weighted by atomic mass is 32.1. The van der Waals surface area contributed by atoms with Gasteiger partial charge in [-0.3, -0.25) is 0 Å². The Hall–Kier alpha value is -1.37. The van der Waals surface area contributed by atoms with E-state index in [0.29, 0.717) is 12.8 Å². The maximum absolute atomic E-state index is 13.0. The van der Waals surface area contributed by atoms with Crippen molar-refractivity contribution < 1.29 is 9.50 Å². The smallest absolute Gasteiger partial charge is 0.124 e. The summed E-state index contributed by atoms with van der Waals surface area (Å²) in [6.07, 6.45) is 5.69. The van der Waals surface area contributed by atoms with E-state index < -0.39 is 6.10 Å². The summed E-state index contributed by atoms with van der Waals surface area (Å²) in [5.41, 5.74) is 0. The molecule has 1 aromatic heterocycles. The first-order valence-corrected chi connectivity index (χ1v) is 5.83. The number of aliphatic hydroxyl groups is 1. The van der Waals surface area contributed by atoms with Gasteiger partial charge in [0.1, 0.15) is 5.82 Å². The molecule has 0 aliphatic carbocycles. The predicted octanol–water partition coefficient (Wildman–Crippen LogP) is 3.49. The monoisotopic (exact) mass is 234 g/mol. The highest BCUT2D eigenvalue weighted by molar-refractivity contribution is 7.19. The third-order valence-corrected chi connectivity index (χ3v) is 3.59. The number of aliphatic hydroxyl groups excluding tert-OH is 1. The van der Waals surface area contributed by atoms with Crippen LogP contribution in [0.4, 0.5) is 4.39 Å². The van der Waals surface area contributed by atoms with E-state index in [2.05, 4.69) is 5.92 Å². The van der Waals surface area contributed by atoms with Crippen LogP contribution in [0.2, 0.25) is 0 Å². The number of halogens is 1. The van der Waals surface area contributed by atoms with Crippen LogP contribution in [0, 0.1) is 18.2 Å². The SMILES string of the molecule is C#CCCC(O)c1cc2ccc(F)cc2s1. The highest BCUT2D eigenvalue weighted by Crippen LogP contribution is 2.32. The normalized spacial score (nSPS) is 12.6. The number of thiophene rings is 1. The molecule has 0 amide bonds. The minimum absolute atomic E-state index is 0.251. The van der Waals surface area contributed by atoms with Crippen LogP contribution in [0.1, 0.15) is 23.8 Å². The maximum Gasteiger partial charge on any atom is 0.124 e. The van der Waals surface area contributed by atoms with Gasteiger partial charge in [0.2, 0.25) is 0 Å². The lowest BCUT2D eigenvalue weighted by atomic mass is 10.1. The van der Waals surface area contributed by atoms with Crippen LogP contribution in [0.3, 0.4) is 0 Å². The number of fused-ring (bicyclic) bond motifs is 1. The summed E-state index contributed by atoms with van der Waals surface area (Å²) >= 11 is 1.41. The number of terminal acetylenes is 1. The Balaban J connectivity index is 2.29. The summed E-state index contributed by atoms with van der Waals surface area (Å²) in [4.78, 5) is 0.843. The molecule has 0 saturated carbocycles. The molecule has 0 aliphatic rings. The molecular weight excluding hydrogens is 223 g/mol. The van der Waals surface area contributed by atoms with Gasteiger partial charge >= 0.3 is 0 Å². The van der Waals surface area contributed by atoms with Gasteiger partial charge in [0.25, 0.3) is 0 Å². The molecule has 0 fully saturated rings. The Labute approximate surface area is 97.5 Å². The van der Waals surface area contributed by atoms with Crippen molar-refractivity contribution >= 4 is 21.4 Å². The van der Waals surface area contributed by atoms with Crippen molar-refractivity contribution in [3.63, 3.8) is 0 Å². The summed E-state index contributed by atoms with van der Waals surface area (Å²) in [7, 11) is 0. The van der Waals surface area contributed by atoms with Crippen LogP contribution >= 0.6 is 11.3 Å². The standard InChI is InChI=1S/C13H11FOS/c1-2-3-4-11(15)13-7-9-5-6-10(14)8-12(9)16-13/h1,5-8,11,15H,3-4H2. The van der Waals surface area contributed by atoms with Crippen molar-refractivity contribution in [1.29, 1.82) is 0 Å². The van der Waals surface area contributed by atoms with Crippen molar-refractivity contribution in [3.8, 4) is 12.3 Å². The van der Waals surface area contributed by atoms with Gasteiger partial charge in [0.05, 0.1) is 6.10 Å². The lowest BCUT2D eigenvalue weighted by molar-refractivity contribution is 0.173. The van der Waals surface area contributed by atoms with E-state index in [1.165, 1.54) is 23.5 Å². The fourth-order valence-corrected chi connectivity index (χ4v) is 2.66. The number of hydrogen-bond acceptors (Lipinski definition) is 2. The van der Waals surface area contributed by atoms with Gasteiger partial charge in [0.15, 0.2) is 0 Å². The average Bonchev–Trinajstić information content (AvgIpc) is 2.68. The Kier molecular flexibility index (Phi) is 3.23. The van der Waals surface area contributed by atoms with Crippen molar-refractivity contribution in [2.75, 3.05) is 0 Å². The first-order chi connectivity index (χ1) is 7.70. The quantitative estimate of drug-likeness (QED) is 0.806. The van der Waals surface area contributed by atoms with E-state index >= 15 is 0 Å². The molecule has 1 N–H and O–H groups in total. The Morgan fingerprint density at radius 1 is 1.44 bits per heavy atom. The third-order valence-electron chi connectivity index (χ3n) is 2.39. The number of hydrogen-bond donors (Lipinski definition) is 1. The minimum atomic E-state index is -0.545. The summed E-state index contributed by atoms with van der Waals surface area (Å²) < 4.78 is 13.8.